The number of hydrogen-bond acceptors (Lipinski definition) is 2. The van der Waals surface area contributed by atoms with Gasteiger partial charge in [0, 0.05) is 20.3 Å². The van der Waals surface area contributed by atoms with Gasteiger partial charge in [0.05, 0.1) is 5.70 Å². The smallest absolute Gasteiger partial charge is 0.0551 e. The molecule has 0 heterocycles. The van der Waals surface area contributed by atoms with E-state index < -0.39 is 0 Å². The quantitative estimate of drug-likeness (QED) is 0.483. The molecule has 2 nitrogen and oxygen atoms in total. The van der Waals surface area contributed by atoms with Crippen molar-refractivity contribution in [1.82, 2.24) is 5.32 Å². The molecule has 0 atom stereocenters. The van der Waals surface area contributed by atoms with E-state index in [0.717, 1.165) is 16.8 Å². The van der Waals surface area contributed by atoms with Gasteiger partial charge >= 0.3 is 0 Å². The Morgan fingerprint density at radius 1 is 1.45 bits per heavy atom. The van der Waals surface area contributed by atoms with Gasteiger partial charge in [0.25, 0.3) is 0 Å². The van der Waals surface area contributed by atoms with E-state index in [1.807, 2.05) is 20.9 Å². The Kier molecular flexibility index (Phi) is 4.27. The van der Waals surface area contributed by atoms with Gasteiger partial charge in [-0.1, -0.05) is 12.2 Å². The Bertz CT molecular complexity index is 200. The number of aliphatic imine (C=N–C) groups is 1. The highest BCUT2D eigenvalue weighted by Gasteiger charge is 1.96. The van der Waals surface area contributed by atoms with Crippen LogP contribution < -0.4 is 5.32 Å². The zero-order chi connectivity index (χ0) is 8.85. The Labute approximate surface area is 68.7 Å². The van der Waals surface area contributed by atoms with E-state index in [1.54, 1.807) is 13.3 Å². The Hall–Kier alpha value is -1.05. The molecular formula is C9H16N2. The average molecular weight is 152 g/mol. The third-order valence-corrected chi connectivity index (χ3v) is 1.57. The molecule has 0 unspecified atom stereocenters. The predicted molar refractivity (Wildman–Crippen MR) is 51.0 cm³/mol. The zero-order valence-corrected chi connectivity index (χ0v) is 7.73. The zero-order valence-electron chi connectivity index (χ0n) is 7.73. The third-order valence-electron chi connectivity index (χ3n) is 1.57. The second-order valence-electron chi connectivity index (χ2n) is 2.46. The van der Waals surface area contributed by atoms with Gasteiger partial charge in [-0.15, -0.1) is 0 Å². The first-order valence-electron chi connectivity index (χ1n) is 3.60. The third kappa shape index (κ3) is 3.03. The van der Waals surface area contributed by atoms with Crippen molar-refractivity contribution in [3.63, 3.8) is 0 Å². The van der Waals surface area contributed by atoms with Crippen LogP contribution >= 0.6 is 0 Å². The molecule has 0 amide bonds. The minimum absolute atomic E-state index is 1.03. The van der Waals surface area contributed by atoms with Crippen LogP contribution in [0.3, 0.4) is 0 Å². The summed E-state index contributed by atoms with van der Waals surface area (Å²) >= 11 is 0. The molecule has 2 heteroatoms. The second-order valence-corrected chi connectivity index (χ2v) is 2.46. The van der Waals surface area contributed by atoms with Crippen molar-refractivity contribution in [2.45, 2.75) is 13.8 Å². The molecule has 62 valence electrons. The monoisotopic (exact) mass is 152 g/mol. The molecule has 0 aromatic carbocycles. The van der Waals surface area contributed by atoms with Crippen LogP contribution in [-0.2, 0) is 0 Å². The molecule has 11 heavy (non-hydrogen) atoms. The lowest BCUT2D eigenvalue weighted by Crippen LogP contribution is -2.09. The number of allylic oxidation sites excluding steroid dienone is 3. The topological polar surface area (TPSA) is 24.4 Å². The summed E-state index contributed by atoms with van der Waals surface area (Å²) in [6.45, 7) is 7.85. The predicted octanol–water partition coefficient (Wildman–Crippen LogP) is 1.76. The summed E-state index contributed by atoms with van der Waals surface area (Å²) in [7, 11) is 3.63. The fourth-order valence-corrected chi connectivity index (χ4v) is 0.708. The van der Waals surface area contributed by atoms with Crippen LogP contribution in [-0.4, -0.2) is 20.3 Å². The summed E-state index contributed by atoms with van der Waals surface area (Å²) in [5.74, 6) is 0. The number of rotatable bonds is 3. The number of nitrogens with one attached hydrogen (secondary N) is 1. The molecule has 0 fully saturated rings. The molecule has 0 saturated heterocycles. The molecular weight excluding hydrogens is 136 g/mol. The van der Waals surface area contributed by atoms with Gasteiger partial charge in [0.1, 0.15) is 0 Å². The Morgan fingerprint density at radius 2 is 2.00 bits per heavy atom. The normalized spacial score (nSPS) is 13.1. The van der Waals surface area contributed by atoms with Crippen LogP contribution in [0.4, 0.5) is 0 Å². The Morgan fingerprint density at radius 3 is 2.27 bits per heavy atom. The van der Waals surface area contributed by atoms with Crippen LogP contribution in [0.5, 0.6) is 0 Å². The van der Waals surface area contributed by atoms with E-state index in [1.165, 1.54) is 0 Å². The fraction of sp³-hybridized carbons (Fsp3) is 0.444. The highest BCUT2D eigenvalue weighted by molar-refractivity contribution is 5.79. The van der Waals surface area contributed by atoms with E-state index in [-0.39, 0.29) is 0 Å². The van der Waals surface area contributed by atoms with Crippen LogP contribution in [0.15, 0.2) is 28.4 Å². The second kappa shape index (κ2) is 4.72. The van der Waals surface area contributed by atoms with Crippen molar-refractivity contribution < 1.29 is 0 Å². The summed E-state index contributed by atoms with van der Waals surface area (Å²) < 4.78 is 0. The Balaban J connectivity index is 4.67. The maximum atomic E-state index is 3.92. The number of nitrogens with zero attached hydrogens (tertiary/aromatic N) is 1. The molecule has 0 aliphatic heterocycles. The lowest BCUT2D eigenvalue weighted by atomic mass is 10.1. The fourth-order valence-electron chi connectivity index (χ4n) is 0.708. The minimum atomic E-state index is 1.03. The van der Waals surface area contributed by atoms with Gasteiger partial charge in [0.15, 0.2) is 0 Å². The van der Waals surface area contributed by atoms with Crippen molar-refractivity contribution in [1.29, 1.82) is 0 Å². The molecule has 0 rings (SSSR count). The molecule has 0 aromatic heterocycles. The van der Waals surface area contributed by atoms with Gasteiger partial charge in [-0.25, -0.2) is 0 Å². The maximum absolute atomic E-state index is 3.92. The summed E-state index contributed by atoms with van der Waals surface area (Å²) in [6, 6.07) is 0. The van der Waals surface area contributed by atoms with Crippen molar-refractivity contribution in [2.75, 3.05) is 14.1 Å². The summed E-state index contributed by atoms with van der Waals surface area (Å²) in [6.07, 6.45) is 1.80. The first-order valence-corrected chi connectivity index (χ1v) is 3.60. The van der Waals surface area contributed by atoms with E-state index in [9.17, 15) is 0 Å². The van der Waals surface area contributed by atoms with Gasteiger partial charge in [-0.2, -0.15) is 0 Å². The van der Waals surface area contributed by atoms with Gasteiger partial charge in [-0.05, 0) is 19.4 Å². The van der Waals surface area contributed by atoms with E-state index in [4.69, 9.17) is 0 Å². The maximum Gasteiger partial charge on any atom is 0.0551 e. The highest BCUT2D eigenvalue weighted by atomic mass is 14.9. The molecule has 0 saturated carbocycles. The van der Waals surface area contributed by atoms with Gasteiger partial charge in [0.2, 0.25) is 0 Å². The lowest BCUT2D eigenvalue weighted by molar-refractivity contribution is 1.03. The lowest BCUT2D eigenvalue weighted by Gasteiger charge is -2.05. The van der Waals surface area contributed by atoms with Crippen molar-refractivity contribution in [3.05, 3.63) is 23.4 Å². The summed E-state index contributed by atoms with van der Waals surface area (Å²) in [5.41, 5.74) is 3.24. The van der Waals surface area contributed by atoms with Crippen molar-refractivity contribution in [3.8, 4) is 0 Å². The SMILES string of the molecule is C=C(C)/C(C)=C(\C=NC)NC. The first kappa shape index (κ1) is 9.95. The molecule has 1 N–H and O–H groups in total. The first-order chi connectivity index (χ1) is 5.13. The van der Waals surface area contributed by atoms with E-state index in [0.29, 0.717) is 0 Å². The van der Waals surface area contributed by atoms with Crippen molar-refractivity contribution >= 4 is 6.21 Å². The van der Waals surface area contributed by atoms with Crippen molar-refractivity contribution in [2.24, 2.45) is 4.99 Å². The van der Waals surface area contributed by atoms with Gasteiger partial charge < -0.3 is 5.32 Å². The molecule has 0 aliphatic carbocycles. The molecule has 0 radical (unpaired) electrons. The van der Waals surface area contributed by atoms with E-state index in [2.05, 4.69) is 16.9 Å². The number of hydrogen-bond donors (Lipinski definition) is 1. The van der Waals surface area contributed by atoms with Gasteiger partial charge in [-0.3, -0.25) is 4.99 Å². The molecule has 0 aromatic rings. The molecule has 0 aliphatic rings. The van der Waals surface area contributed by atoms with Crippen LogP contribution in [0.2, 0.25) is 0 Å². The summed E-state index contributed by atoms with van der Waals surface area (Å²) in [4.78, 5) is 3.92. The average Bonchev–Trinajstić information content (AvgIpc) is 1.98. The minimum Gasteiger partial charge on any atom is -0.387 e. The van der Waals surface area contributed by atoms with Crippen LogP contribution in [0.1, 0.15) is 13.8 Å². The summed E-state index contributed by atoms with van der Waals surface area (Å²) in [5, 5.41) is 3.05. The molecule has 0 bridgehead atoms. The van der Waals surface area contributed by atoms with E-state index >= 15 is 0 Å². The largest absolute Gasteiger partial charge is 0.387 e. The standard InChI is InChI=1S/C9H16N2/c1-7(2)8(3)9(11-5)6-10-4/h6,11H,1H2,2-5H3/b9-8+,10-6?. The highest BCUT2D eigenvalue weighted by Crippen LogP contribution is 2.07. The van der Waals surface area contributed by atoms with Crippen LogP contribution in [0, 0.1) is 0 Å². The molecule has 0 spiro atoms. The van der Waals surface area contributed by atoms with Crippen LogP contribution in [0.25, 0.3) is 0 Å².